The number of hydrogen-bond acceptors (Lipinski definition) is 7. The fourth-order valence-electron chi connectivity index (χ4n) is 2.65. The summed E-state index contributed by atoms with van der Waals surface area (Å²) < 4.78 is 10.4. The number of cyclic esters (lactones) is 1. The molecular formula is C18H23NO6S2. The van der Waals surface area contributed by atoms with Crippen LogP contribution in [0.25, 0.3) is 0 Å². The first kappa shape index (κ1) is 21.3. The first-order chi connectivity index (χ1) is 12.8. The minimum absolute atomic E-state index is 0.0940. The highest BCUT2D eigenvalue weighted by atomic mass is 32.2. The molecule has 3 N–H and O–H groups in total. The van der Waals surface area contributed by atoms with E-state index in [9.17, 15) is 19.8 Å². The highest BCUT2D eigenvalue weighted by Gasteiger charge is 2.27. The number of phenols is 1. The molecule has 0 saturated carbocycles. The summed E-state index contributed by atoms with van der Waals surface area (Å²) in [6.07, 6.45) is 1.79. The first-order valence-corrected chi connectivity index (χ1v) is 10.00. The van der Waals surface area contributed by atoms with E-state index in [0.717, 1.165) is 0 Å². The third-order valence-electron chi connectivity index (χ3n) is 4.23. The number of thiocarbonyl (C=S) groups is 1. The molecule has 9 heteroatoms. The van der Waals surface area contributed by atoms with E-state index in [4.69, 9.17) is 21.7 Å². The molecule has 0 saturated heterocycles. The van der Waals surface area contributed by atoms with Crippen molar-refractivity contribution in [3.05, 3.63) is 23.3 Å². The van der Waals surface area contributed by atoms with Crippen molar-refractivity contribution in [2.75, 3.05) is 13.7 Å². The molecule has 1 aliphatic rings. The number of phenolic OH excluding ortho intramolecular Hbond substituents is 1. The van der Waals surface area contributed by atoms with Gasteiger partial charge in [-0.1, -0.05) is 19.1 Å². The number of carbonyl (C=O) groups is 2. The van der Waals surface area contributed by atoms with Gasteiger partial charge in [-0.2, -0.15) is 11.8 Å². The van der Waals surface area contributed by atoms with Crippen molar-refractivity contribution in [2.24, 2.45) is 0 Å². The van der Waals surface area contributed by atoms with Gasteiger partial charge in [0.25, 0.3) is 0 Å². The number of carboxylic acids is 1. The maximum atomic E-state index is 12.5. The SMILES string of the molecule is COc1cc(O)c2c(c1)C(=O)OCCCCC(=S)NC(C(=O)O)[C@@H](C)SC2. The topological polar surface area (TPSA) is 105 Å². The fraction of sp³-hybridized carbons (Fsp3) is 0.500. The molecule has 1 aromatic carbocycles. The van der Waals surface area contributed by atoms with Crippen LogP contribution >= 0.6 is 24.0 Å². The quantitative estimate of drug-likeness (QED) is 0.498. The van der Waals surface area contributed by atoms with Gasteiger partial charge in [-0.25, -0.2) is 9.59 Å². The van der Waals surface area contributed by atoms with Gasteiger partial charge in [-0.3, -0.25) is 0 Å². The monoisotopic (exact) mass is 413 g/mol. The van der Waals surface area contributed by atoms with Gasteiger partial charge in [0, 0.05) is 22.6 Å². The van der Waals surface area contributed by atoms with Gasteiger partial charge < -0.3 is 25.0 Å². The summed E-state index contributed by atoms with van der Waals surface area (Å²) in [6, 6.07) is 2.08. The Labute approximate surface area is 167 Å². The number of aromatic hydroxyl groups is 1. The summed E-state index contributed by atoms with van der Waals surface area (Å²) in [5, 5.41) is 22.4. The van der Waals surface area contributed by atoms with Crippen molar-refractivity contribution < 1.29 is 29.3 Å². The predicted octanol–water partition coefficient (Wildman–Crippen LogP) is 2.73. The number of rotatable bonds is 2. The van der Waals surface area contributed by atoms with Gasteiger partial charge in [-0.15, -0.1) is 0 Å². The molecule has 0 fully saturated rings. The number of benzene rings is 1. The standard InChI is InChI=1S/C18H23NO6S2/c1-10-16(17(21)22)19-15(26)5-3-4-6-25-18(23)12-7-11(24-2)8-14(20)13(12)9-27-10/h7-8,10,16,20H,3-6,9H2,1-2H3,(H,19,26)(H,21,22)/t10-,16?/m1/s1. The van der Waals surface area contributed by atoms with E-state index < -0.39 is 18.0 Å². The molecule has 2 atom stereocenters. The molecule has 148 valence electrons. The van der Waals surface area contributed by atoms with Crippen LogP contribution < -0.4 is 10.1 Å². The summed E-state index contributed by atoms with van der Waals surface area (Å²) in [4.78, 5) is 24.6. The van der Waals surface area contributed by atoms with Gasteiger partial charge in [-0.05, 0) is 25.3 Å². The second-order valence-corrected chi connectivity index (χ2v) is 8.02. The van der Waals surface area contributed by atoms with Crippen LogP contribution in [0, 0.1) is 0 Å². The second-order valence-electron chi connectivity index (χ2n) is 6.17. The summed E-state index contributed by atoms with van der Waals surface area (Å²) >= 11 is 6.54. The number of ether oxygens (including phenoxy) is 2. The third kappa shape index (κ3) is 5.74. The summed E-state index contributed by atoms with van der Waals surface area (Å²) in [6.45, 7) is 1.98. The van der Waals surface area contributed by atoms with Gasteiger partial charge in [0.15, 0.2) is 0 Å². The molecule has 2 rings (SSSR count). The number of nitrogens with one attached hydrogen (secondary N) is 1. The molecule has 1 aromatic rings. The lowest BCUT2D eigenvalue weighted by Crippen LogP contribution is -2.46. The number of carbonyl (C=O) groups excluding carboxylic acids is 1. The molecule has 0 aromatic heterocycles. The molecule has 0 aliphatic carbocycles. The lowest BCUT2D eigenvalue weighted by atomic mass is 10.1. The number of carboxylic acid groups (broad SMARTS) is 1. The zero-order valence-electron chi connectivity index (χ0n) is 15.2. The zero-order chi connectivity index (χ0) is 20.0. The maximum Gasteiger partial charge on any atom is 0.338 e. The highest BCUT2D eigenvalue weighted by Crippen LogP contribution is 2.33. The van der Waals surface area contributed by atoms with E-state index >= 15 is 0 Å². The van der Waals surface area contributed by atoms with Crippen LogP contribution in [-0.4, -0.2) is 52.1 Å². The van der Waals surface area contributed by atoms with Gasteiger partial charge in [0.1, 0.15) is 17.5 Å². The average molecular weight is 414 g/mol. The van der Waals surface area contributed by atoms with Gasteiger partial charge in [0.2, 0.25) is 0 Å². The van der Waals surface area contributed by atoms with E-state index in [1.807, 2.05) is 0 Å². The van der Waals surface area contributed by atoms with Crippen molar-refractivity contribution in [1.29, 1.82) is 0 Å². The summed E-state index contributed by atoms with van der Waals surface area (Å²) in [7, 11) is 1.44. The Hall–Kier alpha value is -2.00. The van der Waals surface area contributed by atoms with Crippen molar-refractivity contribution >= 4 is 40.9 Å². The molecule has 0 spiro atoms. The van der Waals surface area contributed by atoms with Gasteiger partial charge >= 0.3 is 11.9 Å². The molecule has 1 unspecified atom stereocenters. The average Bonchev–Trinajstić information content (AvgIpc) is 2.62. The number of methoxy groups -OCH3 is 1. The summed E-state index contributed by atoms with van der Waals surface area (Å²) in [5.41, 5.74) is 0.611. The van der Waals surface area contributed by atoms with Crippen LogP contribution in [0.1, 0.15) is 42.1 Å². The lowest BCUT2D eigenvalue weighted by molar-refractivity contribution is -0.138. The number of aliphatic carboxylic acids is 1. The van der Waals surface area contributed by atoms with Crippen molar-refractivity contribution in [2.45, 2.75) is 43.2 Å². The smallest absolute Gasteiger partial charge is 0.338 e. The van der Waals surface area contributed by atoms with Crippen molar-refractivity contribution in [1.82, 2.24) is 5.32 Å². The first-order valence-electron chi connectivity index (χ1n) is 8.54. The van der Waals surface area contributed by atoms with Crippen LogP contribution in [0.4, 0.5) is 0 Å². The van der Waals surface area contributed by atoms with Crippen LogP contribution in [0.5, 0.6) is 11.5 Å². The Bertz CT molecular complexity index is 724. The number of thioether (sulfide) groups is 1. The second kappa shape index (κ2) is 9.80. The molecule has 0 bridgehead atoms. The molecule has 0 amide bonds. The van der Waals surface area contributed by atoms with E-state index in [2.05, 4.69) is 5.32 Å². The highest BCUT2D eigenvalue weighted by molar-refractivity contribution is 7.99. The maximum absolute atomic E-state index is 12.5. The van der Waals surface area contributed by atoms with E-state index in [0.29, 0.717) is 35.6 Å². The number of fused-ring (bicyclic) bond motifs is 1. The molecule has 1 aliphatic heterocycles. The molecule has 7 nitrogen and oxygen atoms in total. The Morgan fingerprint density at radius 2 is 2.15 bits per heavy atom. The summed E-state index contributed by atoms with van der Waals surface area (Å²) in [5.74, 6) is -1.05. The van der Waals surface area contributed by atoms with Crippen LogP contribution in [0.2, 0.25) is 0 Å². The van der Waals surface area contributed by atoms with Gasteiger partial charge in [0.05, 0.1) is 24.3 Å². The van der Waals surface area contributed by atoms with E-state index in [-0.39, 0.29) is 28.9 Å². The minimum atomic E-state index is -0.997. The fourth-order valence-corrected chi connectivity index (χ4v) is 4.03. The number of hydrogen-bond donors (Lipinski definition) is 3. The Morgan fingerprint density at radius 3 is 2.81 bits per heavy atom. The minimum Gasteiger partial charge on any atom is -0.507 e. The van der Waals surface area contributed by atoms with E-state index in [1.165, 1.54) is 31.0 Å². The van der Waals surface area contributed by atoms with Crippen molar-refractivity contribution in [3.8, 4) is 11.5 Å². The Balaban J connectivity index is 2.35. The third-order valence-corrected chi connectivity index (χ3v) is 5.80. The molecule has 27 heavy (non-hydrogen) atoms. The number of esters is 1. The Morgan fingerprint density at radius 1 is 1.41 bits per heavy atom. The molecule has 1 heterocycles. The zero-order valence-corrected chi connectivity index (χ0v) is 16.8. The van der Waals surface area contributed by atoms with Crippen molar-refractivity contribution in [3.63, 3.8) is 0 Å². The Kier molecular flexibility index (Phi) is 7.73. The lowest BCUT2D eigenvalue weighted by Gasteiger charge is -2.23. The predicted molar refractivity (Wildman–Crippen MR) is 107 cm³/mol. The largest absolute Gasteiger partial charge is 0.507 e. The molecule has 0 radical (unpaired) electrons. The van der Waals surface area contributed by atoms with Crippen LogP contribution in [-0.2, 0) is 15.3 Å². The van der Waals surface area contributed by atoms with E-state index in [1.54, 1.807) is 6.92 Å². The van der Waals surface area contributed by atoms with Crippen LogP contribution in [0.3, 0.4) is 0 Å². The normalized spacial score (nSPS) is 22.0. The molecular weight excluding hydrogens is 390 g/mol. The van der Waals surface area contributed by atoms with Crippen LogP contribution in [0.15, 0.2) is 12.1 Å².